The lowest BCUT2D eigenvalue weighted by atomic mass is 10.2. The summed E-state index contributed by atoms with van der Waals surface area (Å²) in [4.78, 5) is 13.0. The highest BCUT2D eigenvalue weighted by Gasteiger charge is 2.50. The zero-order chi connectivity index (χ0) is 16.7. The Labute approximate surface area is 146 Å². The van der Waals surface area contributed by atoms with Crippen molar-refractivity contribution in [1.82, 2.24) is 9.62 Å². The van der Waals surface area contributed by atoms with Gasteiger partial charge in [-0.3, -0.25) is 4.79 Å². The van der Waals surface area contributed by atoms with E-state index in [0.29, 0.717) is 43.0 Å². The van der Waals surface area contributed by atoms with Crippen molar-refractivity contribution in [2.75, 3.05) is 26.3 Å². The van der Waals surface area contributed by atoms with Crippen LogP contribution in [-0.2, 0) is 26.1 Å². The average molecular weight is 370 g/mol. The summed E-state index contributed by atoms with van der Waals surface area (Å²) in [5.74, 6) is 1.70. The maximum atomic E-state index is 12.6. The molecule has 1 aromatic rings. The van der Waals surface area contributed by atoms with Crippen molar-refractivity contribution in [2.45, 2.75) is 30.0 Å². The predicted octanol–water partition coefficient (Wildman–Crippen LogP) is 1.43. The zero-order valence-electron chi connectivity index (χ0n) is 13.4. The van der Waals surface area contributed by atoms with Crippen LogP contribution in [-0.4, -0.2) is 44.9 Å². The number of sulfonamides is 1. The van der Waals surface area contributed by atoms with Crippen LogP contribution in [0.25, 0.3) is 0 Å². The third-order valence-corrected chi connectivity index (χ3v) is 8.49. The molecule has 8 heteroatoms. The van der Waals surface area contributed by atoms with Gasteiger partial charge in [-0.05, 0) is 43.2 Å². The molecule has 0 unspecified atom stereocenters. The van der Waals surface area contributed by atoms with Crippen LogP contribution in [0.1, 0.15) is 24.1 Å². The minimum Gasteiger partial charge on any atom is -0.379 e. The molecule has 0 bridgehead atoms. The predicted molar refractivity (Wildman–Crippen MR) is 90.1 cm³/mol. The second-order valence-electron chi connectivity index (χ2n) is 6.80. The number of hydrogen-bond acceptors (Lipinski definition) is 5. The van der Waals surface area contributed by atoms with Crippen LogP contribution in [0.2, 0.25) is 0 Å². The van der Waals surface area contributed by atoms with E-state index in [1.54, 1.807) is 12.1 Å². The van der Waals surface area contributed by atoms with Gasteiger partial charge in [0.15, 0.2) is 0 Å². The zero-order valence-corrected chi connectivity index (χ0v) is 15.1. The first-order valence-corrected chi connectivity index (χ1v) is 10.8. The maximum absolute atomic E-state index is 12.6. The van der Waals surface area contributed by atoms with Crippen molar-refractivity contribution in [3.8, 4) is 0 Å². The van der Waals surface area contributed by atoms with Gasteiger partial charge in [-0.15, -0.1) is 11.3 Å². The molecule has 1 amide bonds. The van der Waals surface area contributed by atoms with Gasteiger partial charge in [-0.2, -0.15) is 4.31 Å². The molecule has 1 aromatic heterocycles. The van der Waals surface area contributed by atoms with E-state index in [0.717, 1.165) is 17.2 Å². The number of carbonyl (C=O) groups is 1. The molecule has 24 heavy (non-hydrogen) atoms. The van der Waals surface area contributed by atoms with Gasteiger partial charge in [0.2, 0.25) is 5.91 Å². The molecule has 2 aliphatic carbocycles. The quantitative estimate of drug-likeness (QED) is 0.822. The molecule has 2 heterocycles. The third kappa shape index (κ3) is 3.37. The van der Waals surface area contributed by atoms with E-state index >= 15 is 0 Å². The monoisotopic (exact) mass is 370 g/mol. The average Bonchev–Trinajstić information content (AvgIpc) is 3.49. The van der Waals surface area contributed by atoms with Crippen LogP contribution < -0.4 is 5.32 Å². The van der Waals surface area contributed by atoms with Crippen molar-refractivity contribution in [2.24, 2.45) is 17.8 Å². The lowest BCUT2D eigenvalue weighted by molar-refractivity contribution is -0.122. The fourth-order valence-corrected chi connectivity index (χ4v) is 6.23. The summed E-state index contributed by atoms with van der Waals surface area (Å²) in [5.41, 5.74) is 0. The first-order chi connectivity index (χ1) is 11.6. The molecule has 3 aliphatic rings. The summed E-state index contributed by atoms with van der Waals surface area (Å²) in [6.45, 7) is 2.09. The van der Waals surface area contributed by atoms with Crippen LogP contribution >= 0.6 is 11.3 Å². The van der Waals surface area contributed by atoms with Gasteiger partial charge < -0.3 is 10.1 Å². The van der Waals surface area contributed by atoms with Crippen molar-refractivity contribution in [3.05, 3.63) is 17.0 Å². The van der Waals surface area contributed by atoms with Gasteiger partial charge in [0, 0.05) is 23.9 Å². The molecule has 3 fully saturated rings. The van der Waals surface area contributed by atoms with E-state index in [1.165, 1.54) is 28.5 Å². The second-order valence-corrected chi connectivity index (χ2v) is 10.1. The number of nitrogens with one attached hydrogen (secondary N) is 1. The summed E-state index contributed by atoms with van der Waals surface area (Å²) < 4.78 is 32.2. The lowest BCUT2D eigenvalue weighted by Gasteiger charge is -2.25. The number of morpholine rings is 1. The Hall–Kier alpha value is -0.960. The summed E-state index contributed by atoms with van der Waals surface area (Å²) in [5, 5.41) is 2.96. The first kappa shape index (κ1) is 16.5. The van der Waals surface area contributed by atoms with E-state index in [4.69, 9.17) is 4.74 Å². The highest BCUT2D eigenvalue weighted by atomic mass is 32.2. The SMILES string of the molecule is O=C(NCc1ccc(S(=O)(=O)N2CCOCC2)s1)[C@H]1C[C@H]1C1CC1. The minimum absolute atomic E-state index is 0.123. The van der Waals surface area contributed by atoms with E-state index in [1.807, 2.05) is 0 Å². The highest BCUT2D eigenvalue weighted by molar-refractivity contribution is 7.91. The molecule has 6 nitrogen and oxygen atoms in total. The fraction of sp³-hybridized carbons (Fsp3) is 0.688. The largest absolute Gasteiger partial charge is 0.379 e. The Morgan fingerprint density at radius 1 is 1.29 bits per heavy atom. The van der Waals surface area contributed by atoms with Crippen LogP contribution in [0, 0.1) is 17.8 Å². The van der Waals surface area contributed by atoms with E-state index < -0.39 is 10.0 Å². The Balaban J connectivity index is 1.33. The van der Waals surface area contributed by atoms with Gasteiger partial charge in [0.1, 0.15) is 4.21 Å². The van der Waals surface area contributed by atoms with Gasteiger partial charge in [-0.25, -0.2) is 8.42 Å². The van der Waals surface area contributed by atoms with Crippen LogP contribution in [0.3, 0.4) is 0 Å². The Morgan fingerprint density at radius 2 is 2.04 bits per heavy atom. The van der Waals surface area contributed by atoms with Crippen molar-refractivity contribution in [1.29, 1.82) is 0 Å². The van der Waals surface area contributed by atoms with Crippen LogP contribution in [0.5, 0.6) is 0 Å². The van der Waals surface area contributed by atoms with Gasteiger partial charge in [0.25, 0.3) is 10.0 Å². The molecule has 1 aliphatic heterocycles. The summed E-state index contributed by atoms with van der Waals surface area (Å²) >= 11 is 1.24. The first-order valence-electron chi connectivity index (χ1n) is 8.50. The summed E-state index contributed by atoms with van der Waals surface area (Å²) in [6.07, 6.45) is 3.59. The summed E-state index contributed by atoms with van der Waals surface area (Å²) in [7, 11) is -3.44. The maximum Gasteiger partial charge on any atom is 0.252 e. The van der Waals surface area contributed by atoms with E-state index in [2.05, 4.69) is 5.32 Å². The van der Waals surface area contributed by atoms with Crippen LogP contribution in [0.15, 0.2) is 16.3 Å². The second kappa shape index (κ2) is 6.40. The molecule has 0 aromatic carbocycles. The minimum atomic E-state index is -3.44. The molecular weight excluding hydrogens is 348 g/mol. The molecule has 2 saturated carbocycles. The van der Waals surface area contributed by atoms with Crippen molar-refractivity contribution in [3.63, 3.8) is 0 Å². The van der Waals surface area contributed by atoms with E-state index in [-0.39, 0.29) is 11.8 Å². The standard InChI is InChI=1S/C16H22N2O4S2/c19-16(14-9-13(14)11-1-2-11)17-10-12-3-4-15(23-12)24(20,21)18-5-7-22-8-6-18/h3-4,11,13-14H,1-2,5-10H2,(H,17,19)/t13-,14-/m0/s1. The number of nitrogens with zero attached hydrogens (tertiary/aromatic N) is 1. The molecule has 2 atom stereocenters. The van der Waals surface area contributed by atoms with Gasteiger partial charge in [0.05, 0.1) is 19.8 Å². The molecule has 1 saturated heterocycles. The Morgan fingerprint density at radius 3 is 2.75 bits per heavy atom. The van der Waals surface area contributed by atoms with Gasteiger partial charge in [-0.1, -0.05) is 0 Å². The van der Waals surface area contributed by atoms with E-state index in [9.17, 15) is 13.2 Å². The number of hydrogen-bond donors (Lipinski definition) is 1. The highest BCUT2D eigenvalue weighted by Crippen LogP contribution is 2.54. The Kier molecular flexibility index (Phi) is 4.40. The van der Waals surface area contributed by atoms with Crippen LogP contribution in [0.4, 0.5) is 0 Å². The molecule has 1 N–H and O–H groups in total. The molecule has 132 valence electrons. The number of carbonyl (C=O) groups excluding carboxylic acids is 1. The van der Waals surface area contributed by atoms with Crippen molar-refractivity contribution >= 4 is 27.3 Å². The van der Waals surface area contributed by atoms with Crippen molar-refractivity contribution < 1.29 is 17.9 Å². The topological polar surface area (TPSA) is 75.7 Å². The normalized spacial score (nSPS) is 27.8. The number of ether oxygens (including phenoxy) is 1. The van der Waals surface area contributed by atoms with Gasteiger partial charge >= 0.3 is 0 Å². The summed E-state index contributed by atoms with van der Waals surface area (Å²) in [6, 6.07) is 3.44. The number of rotatable bonds is 6. The number of thiophene rings is 1. The smallest absolute Gasteiger partial charge is 0.252 e. The molecular formula is C16H22N2O4S2. The molecule has 0 radical (unpaired) electrons. The Bertz CT molecular complexity index is 720. The molecule has 0 spiro atoms. The fourth-order valence-electron chi connectivity index (χ4n) is 3.37. The molecule has 4 rings (SSSR count). The number of amides is 1. The third-order valence-electron chi connectivity index (χ3n) is 5.04. The lowest BCUT2D eigenvalue weighted by Crippen LogP contribution is -2.40.